The topological polar surface area (TPSA) is 45.7 Å². The molecular formula is C22H23N2O+. The Bertz CT molecular complexity index is 798. The first-order chi connectivity index (χ1) is 12.2. The van der Waals surface area contributed by atoms with Crippen molar-refractivity contribution in [1.82, 2.24) is 0 Å². The second-order valence-electron chi connectivity index (χ2n) is 6.13. The molecule has 3 aromatic carbocycles. The number of benzene rings is 3. The van der Waals surface area contributed by atoms with E-state index in [2.05, 4.69) is 36.5 Å². The number of quaternary nitrogens is 1. The number of amides is 1. The number of hydrogen-bond donors (Lipinski definition) is 2. The molecule has 0 aromatic heterocycles. The van der Waals surface area contributed by atoms with Crippen LogP contribution in [0.5, 0.6) is 0 Å². The Labute approximate surface area is 148 Å². The van der Waals surface area contributed by atoms with Gasteiger partial charge in [0.25, 0.3) is 5.91 Å². The highest BCUT2D eigenvalue weighted by Crippen LogP contribution is 2.20. The van der Waals surface area contributed by atoms with Crippen molar-refractivity contribution in [3.8, 4) is 11.1 Å². The smallest absolute Gasteiger partial charge is 0.279 e. The van der Waals surface area contributed by atoms with E-state index in [-0.39, 0.29) is 11.9 Å². The molecule has 0 aliphatic carbocycles. The van der Waals surface area contributed by atoms with E-state index >= 15 is 0 Å². The van der Waals surface area contributed by atoms with Gasteiger partial charge in [-0.25, -0.2) is 0 Å². The first-order valence-corrected chi connectivity index (χ1v) is 8.56. The van der Waals surface area contributed by atoms with Crippen LogP contribution in [0.25, 0.3) is 11.1 Å². The third kappa shape index (κ3) is 4.78. The number of carbonyl (C=O) groups is 1. The van der Waals surface area contributed by atoms with Gasteiger partial charge in [0.2, 0.25) is 0 Å². The molecule has 1 amide bonds. The number of nitrogens with one attached hydrogen (secondary N) is 1. The van der Waals surface area contributed by atoms with Gasteiger partial charge in [-0.2, -0.15) is 0 Å². The van der Waals surface area contributed by atoms with Gasteiger partial charge in [-0.1, -0.05) is 72.8 Å². The van der Waals surface area contributed by atoms with Gasteiger partial charge in [0.15, 0.2) is 6.54 Å². The highest BCUT2D eigenvalue weighted by Gasteiger charge is 2.11. The second-order valence-corrected chi connectivity index (χ2v) is 6.13. The van der Waals surface area contributed by atoms with Crippen molar-refractivity contribution in [1.29, 1.82) is 0 Å². The van der Waals surface area contributed by atoms with Crippen molar-refractivity contribution < 1.29 is 10.1 Å². The van der Waals surface area contributed by atoms with Crippen molar-refractivity contribution in [3.63, 3.8) is 0 Å². The summed E-state index contributed by atoms with van der Waals surface area (Å²) in [7, 11) is 0. The van der Waals surface area contributed by atoms with E-state index in [1.807, 2.05) is 66.0 Å². The predicted molar refractivity (Wildman–Crippen MR) is 102 cm³/mol. The number of carbonyl (C=O) groups excluding carboxylic acids is 1. The van der Waals surface area contributed by atoms with E-state index in [1.54, 1.807) is 0 Å². The summed E-state index contributed by atoms with van der Waals surface area (Å²) in [5.74, 6) is 0.00948. The van der Waals surface area contributed by atoms with Crippen LogP contribution in [0.3, 0.4) is 0 Å². The monoisotopic (exact) mass is 331 g/mol. The van der Waals surface area contributed by atoms with E-state index in [0.29, 0.717) is 6.54 Å². The fourth-order valence-electron chi connectivity index (χ4n) is 2.77. The minimum Gasteiger partial charge on any atom is -0.333 e. The van der Waals surface area contributed by atoms with Gasteiger partial charge in [-0.05, 0) is 30.2 Å². The van der Waals surface area contributed by atoms with Gasteiger partial charge in [0, 0.05) is 11.3 Å². The van der Waals surface area contributed by atoms with Crippen LogP contribution in [0.2, 0.25) is 0 Å². The lowest BCUT2D eigenvalue weighted by Gasteiger charge is -2.11. The van der Waals surface area contributed by atoms with Crippen LogP contribution in [0.1, 0.15) is 18.5 Å². The van der Waals surface area contributed by atoms with E-state index < -0.39 is 0 Å². The summed E-state index contributed by atoms with van der Waals surface area (Å²) >= 11 is 0. The van der Waals surface area contributed by atoms with Crippen molar-refractivity contribution in [2.75, 3.05) is 11.9 Å². The maximum atomic E-state index is 12.2. The highest BCUT2D eigenvalue weighted by molar-refractivity contribution is 5.91. The Balaban J connectivity index is 1.53. The summed E-state index contributed by atoms with van der Waals surface area (Å²) in [6, 6.07) is 28.6. The lowest BCUT2D eigenvalue weighted by Crippen LogP contribution is -2.86. The molecule has 0 spiro atoms. The predicted octanol–water partition coefficient (Wildman–Crippen LogP) is 3.62. The van der Waals surface area contributed by atoms with Gasteiger partial charge in [-0.15, -0.1) is 0 Å². The van der Waals surface area contributed by atoms with Crippen LogP contribution < -0.4 is 10.6 Å². The third-order valence-electron chi connectivity index (χ3n) is 4.26. The molecule has 25 heavy (non-hydrogen) atoms. The van der Waals surface area contributed by atoms with Crippen molar-refractivity contribution in [2.24, 2.45) is 0 Å². The molecule has 0 heterocycles. The molecule has 126 valence electrons. The van der Waals surface area contributed by atoms with Crippen molar-refractivity contribution >= 4 is 11.6 Å². The Hall–Kier alpha value is -2.91. The zero-order valence-electron chi connectivity index (χ0n) is 14.4. The Morgan fingerprint density at radius 3 is 2.04 bits per heavy atom. The van der Waals surface area contributed by atoms with Crippen LogP contribution in [0.4, 0.5) is 5.69 Å². The molecule has 0 aliphatic heterocycles. The molecule has 0 saturated carbocycles. The molecule has 0 bridgehead atoms. The lowest BCUT2D eigenvalue weighted by molar-refractivity contribution is -0.682. The standard InChI is InChI=1S/C22H22N2O/c1-17(18-8-4-2-5-9-18)23-16-22(25)24-21-14-12-20(13-15-21)19-10-6-3-7-11-19/h2-15,17,23H,16H2,1H3,(H,24,25)/p+1/t17-/m1/s1. The molecule has 0 fully saturated rings. The zero-order chi connectivity index (χ0) is 17.5. The Kier molecular flexibility index (Phi) is 5.60. The zero-order valence-corrected chi connectivity index (χ0v) is 14.4. The van der Waals surface area contributed by atoms with Gasteiger partial charge in [0.05, 0.1) is 0 Å². The molecule has 3 aromatic rings. The fourth-order valence-corrected chi connectivity index (χ4v) is 2.77. The van der Waals surface area contributed by atoms with E-state index in [9.17, 15) is 4.79 Å². The molecule has 3 nitrogen and oxygen atoms in total. The SMILES string of the molecule is C[C@@H]([NH2+]CC(=O)Nc1ccc(-c2ccccc2)cc1)c1ccccc1. The number of nitrogens with two attached hydrogens (primary N) is 1. The molecule has 3 rings (SSSR count). The first-order valence-electron chi connectivity index (χ1n) is 8.56. The molecule has 0 unspecified atom stereocenters. The van der Waals surface area contributed by atoms with Gasteiger partial charge in [-0.3, -0.25) is 4.79 Å². The van der Waals surface area contributed by atoms with Gasteiger partial charge in [0.1, 0.15) is 6.04 Å². The summed E-state index contributed by atoms with van der Waals surface area (Å²) in [6.07, 6.45) is 0. The van der Waals surface area contributed by atoms with Gasteiger partial charge < -0.3 is 10.6 Å². The van der Waals surface area contributed by atoms with Crippen LogP contribution in [0.15, 0.2) is 84.9 Å². The number of rotatable bonds is 6. The largest absolute Gasteiger partial charge is 0.333 e. The minimum atomic E-state index is 0.00948. The highest BCUT2D eigenvalue weighted by atomic mass is 16.1. The van der Waals surface area contributed by atoms with Crippen LogP contribution in [-0.4, -0.2) is 12.5 Å². The molecule has 3 N–H and O–H groups in total. The van der Waals surface area contributed by atoms with Crippen LogP contribution in [0, 0.1) is 0 Å². The van der Waals surface area contributed by atoms with Crippen LogP contribution >= 0.6 is 0 Å². The van der Waals surface area contributed by atoms with Crippen molar-refractivity contribution in [3.05, 3.63) is 90.5 Å². The average Bonchev–Trinajstić information content (AvgIpc) is 2.68. The molecule has 3 heteroatoms. The summed E-state index contributed by atoms with van der Waals surface area (Å²) in [4.78, 5) is 12.2. The summed E-state index contributed by atoms with van der Waals surface area (Å²) in [5, 5.41) is 5.00. The summed E-state index contributed by atoms with van der Waals surface area (Å²) in [5.41, 5.74) is 4.36. The van der Waals surface area contributed by atoms with Gasteiger partial charge >= 0.3 is 0 Å². The molecule has 1 atom stereocenters. The minimum absolute atomic E-state index is 0.00948. The normalized spacial score (nSPS) is 11.7. The number of hydrogen-bond acceptors (Lipinski definition) is 1. The fraction of sp³-hybridized carbons (Fsp3) is 0.136. The maximum Gasteiger partial charge on any atom is 0.279 e. The maximum absolute atomic E-state index is 12.2. The summed E-state index contributed by atoms with van der Waals surface area (Å²) < 4.78 is 0. The first kappa shape index (κ1) is 16.9. The third-order valence-corrected chi connectivity index (χ3v) is 4.26. The van der Waals surface area contributed by atoms with Crippen LogP contribution in [-0.2, 0) is 4.79 Å². The average molecular weight is 331 g/mol. The van der Waals surface area contributed by atoms with E-state index in [1.165, 1.54) is 11.1 Å². The summed E-state index contributed by atoms with van der Waals surface area (Å²) in [6.45, 7) is 2.51. The molecular weight excluding hydrogens is 308 g/mol. The quantitative estimate of drug-likeness (QED) is 0.712. The lowest BCUT2D eigenvalue weighted by atomic mass is 10.1. The number of anilines is 1. The molecule has 0 saturated heterocycles. The van der Waals surface area contributed by atoms with Crippen molar-refractivity contribution in [2.45, 2.75) is 13.0 Å². The Morgan fingerprint density at radius 2 is 1.40 bits per heavy atom. The molecule has 0 radical (unpaired) electrons. The second kappa shape index (κ2) is 8.27. The Morgan fingerprint density at radius 1 is 0.840 bits per heavy atom. The van der Waals surface area contributed by atoms with E-state index in [0.717, 1.165) is 11.3 Å². The van der Waals surface area contributed by atoms with E-state index in [4.69, 9.17) is 0 Å². The molecule has 0 aliphatic rings.